The van der Waals surface area contributed by atoms with Gasteiger partial charge in [0.1, 0.15) is 0 Å². The van der Waals surface area contributed by atoms with Crippen molar-refractivity contribution in [3.05, 3.63) is 0 Å². The Morgan fingerprint density at radius 2 is 2.18 bits per heavy atom. The highest BCUT2D eigenvalue weighted by Gasteiger charge is 2.24. The zero-order valence-corrected chi connectivity index (χ0v) is 10.3. The first kappa shape index (κ1) is 13.8. The average Bonchev–Trinajstić information content (AvgIpc) is 2.63. The largest absolute Gasteiger partial charge is 0.481 e. The number of hydrogen-bond donors (Lipinski definition) is 3. The van der Waals surface area contributed by atoms with Crippen LogP contribution < -0.4 is 10.6 Å². The third-order valence-corrected chi connectivity index (χ3v) is 2.56. The molecule has 6 nitrogen and oxygen atoms in total. The summed E-state index contributed by atoms with van der Waals surface area (Å²) in [6.07, 6.45) is 1.96. The van der Waals surface area contributed by atoms with Crippen LogP contribution in [0, 0.1) is 0 Å². The van der Waals surface area contributed by atoms with E-state index in [1.54, 1.807) is 13.8 Å². The number of carboxylic acids is 1. The molecule has 0 radical (unpaired) electrons. The number of amides is 2. The number of rotatable bonds is 5. The molecule has 0 aliphatic carbocycles. The van der Waals surface area contributed by atoms with Gasteiger partial charge in [-0.15, -0.1) is 0 Å². The van der Waals surface area contributed by atoms with Crippen LogP contribution in [-0.2, 0) is 9.53 Å². The highest BCUT2D eigenvalue weighted by molar-refractivity contribution is 5.76. The molecular formula is C11H20N2O4. The fraction of sp³-hybridized carbons (Fsp3) is 0.818. The van der Waals surface area contributed by atoms with E-state index in [-0.39, 0.29) is 18.6 Å². The first-order valence-electron chi connectivity index (χ1n) is 5.78. The van der Waals surface area contributed by atoms with Crippen LogP contribution in [0.4, 0.5) is 4.79 Å². The number of carbonyl (C=O) groups excluding carboxylic acids is 1. The Hall–Kier alpha value is -1.30. The zero-order chi connectivity index (χ0) is 12.9. The van der Waals surface area contributed by atoms with Gasteiger partial charge in [-0.1, -0.05) is 0 Å². The quantitative estimate of drug-likeness (QED) is 0.665. The molecular weight excluding hydrogens is 224 g/mol. The van der Waals surface area contributed by atoms with E-state index in [9.17, 15) is 9.59 Å². The maximum Gasteiger partial charge on any atom is 0.315 e. The van der Waals surface area contributed by atoms with Gasteiger partial charge in [0.2, 0.25) is 0 Å². The second kappa shape index (κ2) is 5.86. The van der Waals surface area contributed by atoms with Crippen LogP contribution >= 0.6 is 0 Å². The normalized spacial score (nSPS) is 20.0. The number of urea groups is 1. The van der Waals surface area contributed by atoms with Gasteiger partial charge in [0, 0.05) is 18.7 Å². The maximum atomic E-state index is 11.5. The topological polar surface area (TPSA) is 87.7 Å². The summed E-state index contributed by atoms with van der Waals surface area (Å²) in [6.45, 7) is 4.56. The monoisotopic (exact) mass is 244 g/mol. The van der Waals surface area contributed by atoms with Crippen molar-refractivity contribution < 1.29 is 19.4 Å². The van der Waals surface area contributed by atoms with E-state index in [1.807, 2.05) is 0 Å². The van der Waals surface area contributed by atoms with E-state index >= 15 is 0 Å². The van der Waals surface area contributed by atoms with Gasteiger partial charge in [-0.05, 0) is 26.7 Å². The highest BCUT2D eigenvalue weighted by Crippen LogP contribution is 2.11. The van der Waals surface area contributed by atoms with E-state index in [0.29, 0.717) is 6.54 Å². The lowest BCUT2D eigenvalue weighted by molar-refractivity contribution is -0.138. The molecule has 1 rings (SSSR count). The summed E-state index contributed by atoms with van der Waals surface area (Å²) in [5.41, 5.74) is -0.757. The van der Waals surface area contributed by atoms with Crippen molar-refractivity contribution in [2.75, 3.05) is 13.2 Å². The molecule has 0 bridgehead atoms. The number of ether oxygens (including phenoxy) is 1. The molecule has 1 atom stereocenters. The lowest BCUT2D eigenvalue weighted by Gasteiger charge is -2.24. The average molecular weight is 244 g/mol. The number of aliphatic carboxylic acids is 1. The van der Waals surface area contributed by atoms with E-state index in [0.717, 1.165) is 19.4 Å². The minimum Gasteiger partial charge on any atom is -0.481 e. The summed E-state index contributed by atoms with van der Waals surface area (Å²) in [4.78, 5) is 22.1. The SMILES string of the molecule is CC(C)(CC(=O)O)NC(=O)NCC1CCCO1. The number of carbonyl (C=O) groups is 2. The molecule has 17 heavy (non-hydrogen) atoms. The van der Waals surface area contributed by atoms with Gasteiger partial charge in [-0.2, -0.15) is 0 Å². The second-order valence-electron chi connectivity index (χ2n) is 4.92. The van der Waals surface area contributed by atoms with Crippen LogP contribution in [0.2, 0.25) is 0 Å². The molecule has 1 fully saturated rings. The summed E-state index contributed by atoms with van der Waals surface area (Å²) in [5.74, 6) is -0.936. The van der Waals surface area contributed by atoms with Crippen LogP contribution in [0.3, 0.4) is 0 Å². The van der Waals surface area contributed by atoms with Gasteiger partial charge < -0.3 is 20.5 Å². The van der Waals surface area contributed by atoms with Crippen molar-refractivity contribution in [2.45, 2.75) is 44.8 Å². The Morgan fingerprint density at radius 1 is 1.47 bits per heavy atom. The first-order chi connectivity index (χ1) is 7.89. The molecule has 0 aromatic heterocycles. The van der Waals surface area contributed by atoms with E-state index < -0.39 is 11.5 Å². The van der Waals surface area contributed by atoms with E-state index in [4.69, 9.17) is 9.84 Å². The Bertz CT molecular complexity index is 285. The van der Waals surface area contributed by atoms with Gasteiger partial charge in [0.05, 0.1) is 12.5 Å². The molecule has 1 saturated heterocycles. The second-order valence-corrected chi connectivity index (χ2v) is 4.92. The molecule has 1 heterocycles. The minimum atomic E-state index is -0.936. The van der Waals surface area contributed by atoms with Crippen LogP contribution in [0.5, 0.6) is 0 Å². The van der Waals surface area contributed by atoms with Crippen LogP contribution in [0.1, 0.15) is 33.1 Å². The minimum absolute atomic E-state index is 0.0864. The summed E-state index contributed by atoms with van der Waals surface area (Å²) >= 11 is 0. The van der Waals surface area contributed by atoms with Crippen molar-refractivity contribution >= 4 is 12.0 Å². The third-order valence-electron chi connectivity index (χ3n) is 2.56. The van der Waals surface area contributed by atoms with E-state index in [2.05, 4.69) is 10.6 Å². The van der Waals surface area contributed by atoms with Crippen molar-refractivity contribution in [3.8, 4) is 0 Å². The van der Waals surface area contributed by atoms with Gasteiger partial charge in [-0.3, -0.25) is 4.79 Å². The van der Waals surface area contributed by atoms with Gasteiger partial charge in [-0.25, -0.2) is 4.79 Å². The standard InChI is InChI=1S/C11H20N2O4/c1-11(2,6-9(14)15)13-10(16)12-7-8-4-3-5-17-8/h8H,3-7H2,1-2H3,(H,14,15)(H2,12,13,16). The predicted octanol–water partition coefficient (Wildman–Crippen LogP) is 0.718. The van der Waals surface area contributed by atoms with Crippen LogP contribution in [-0.4, -0.2) is 41.9 Å². The lowest BCUT2D eigenvalue weighted by atomic mass is 10.0. The van der Waals surface area contributed by atoms with Crippen molar-refractivity contribution in [1.82, 2.24) is 10.6 Å². The van der Waals surface area contributed by atoms with Crippen molar-refractivity contribution in [2.24, 2.45) is 0 Å². The Labute approximate surface area is 101 Å². The van der Waals surface area contributed by atoms with E-state index in [1.165, 1.54) is 0 Å². The third kappa shape index (κ3) is 5.53. The summed E-state index contributed by atoms with van der Waals surface area (Å²) in [7, 11) is 0. The molecule has 0 spiro atoms. The van der Waals surface area contributed by atoms with Crippen LogP contribution in [0.15, 0.2) is 0 Å². The molecule has 1 unspecified atom stereocenters. The molecule has 1 aliphatic heterocycles. The molecule has 98 valence electrons. The van der Waals surface area contributed by atoms with Gasteiger partial charge in [0.25, 0.3) is 0 Å². The number of carboxylic acid groups (broad SMARTS) is 1. The molecule has 6 heteroatoms. The fourth-order valence-electron chi connectivity index (χ4n) is 1.79. The predicted molar refractivity (Wildman–Crippen MR) is 61.8 cm³/mol. The van der Waals surface area contributed by atoms with Crippen LogP contribution in [0.25, 0.3) is 0 Å². The molecule has 3 N–H and O–H groups in total. The Kier molecular flexibility index (Phi) is 4.74. The Balaban J connectivity index is 2.25. The maximum absolute atomic E-state index is 11.5. The molecule has 1 aliphatic rings. The summed E-state index contributed by atoms with van der Waals surface area (Å²) in [6, 6.07) is -0.355. The molecule has 2 amide bonds. The highest BCUT2D eigenvalue weighted by atomic mass is 16.5. The number of nitrogens with one attached hydrogen (secondary N) is 2. The van der Waals surface area contributed by atoms with Gasteiger partial charge in [0.15, 0.2) is 0 Å². The molecule has 0 aromatic rings. The molecule has 0 saturated carbocycles. The van der Waals surface area contributed by atoms with Crippen molar-refractivity contribution in [1.29, 1.82) is 0 Å². The summed E-state index contributed by atoms with van der Waals surface area (Å²) in [5, 5.41) is 14.0. The Morgan fingerprint density at radius 3 is 2.71 bits per heavy atom. The molecule has 0 aromatic carbocycles. The lowest BCUT2D eigenvalue weighted by Crippen LogP contribution is -2.50. The summed E-state index contributed by atoms with van der Waals surface area (Å²) < 4.78 is 5.36. The number of hydrogen-bond acceptors (Lipinski definition) is 3. The smallest absolute Gasteiger partial charge is 0.315 e. The fourth-order valence-corrected chi connectivity index (χ4v) is 1.79. The first-order valence-corrected chi connectivity index (χ1v) is 5.78. The van der Waals surface area contributed by atoms with Crippen molar-refractivity contribution in [3.63, 3.8) is 0 Å². The zero-order valence-electron chi connectivity index (χ0n) is 10.3. The van der Waals surface area contributed by atoms with Gasteiger partial charge >= 0.3 is 12.0 Å².